The Hall–Kier alpha value is -2.51. The zero-order chi connectivity index (χ0) is 21.0. The lowest BCUT2D eigenvalue weighted by molar-refractivity contribution is 0.0318. The predicted molar refractivity (Wildman–Crippen MR) is 109 cm³/mol. The van der Waals surface area contributed by atoms with Crippen LogP contribution in [0.5, 0.6) is 0 Å². The van der Waals surface area contributed by atoms with Gasteiger partial charge >= 0.3 is 5.97 Å². The number of carbonyl (C=O) groups excluding carboxylic acids is 2. The molecular weight excluding hydrogens is 390 g/mol. The monoisotopic (exact) mass is 415 g/mol. The first-order chi connectivity index (χ1) is 13.8. The highest BCUT2D eigenvalue weighted by molar-refractivity contribution is 7.89. The van der Waals surface area contributed by atoms with Crippen molar-refractivity contribution in [3.8, 4) is 0 Å². The van der Waals surface area contributed by atoms with Crippen LogP contribution < -0.4 is 0 Å². The van der Waals surface area contributed by atoms with Gasteiger partial charge in [0.25, 0.3) is 0 Å². The highest BCUT2D eigenvalue weighted by Crippen LogP contribution is 2.21. The lowest BCUT2D eigenvalue weighted by Gasteiger charge is -2.25. The van der Waals surface area contributed by atoms with Gasteiger partial charge in [-0.3, -0.25) is 4.79 Å². The first-order valence-electron chi connectivity index (χ1n) is 9.71. The number of nitrogens with zero attached hydrogens (tertiary/aromatic N) is 1. The number of aryl methyl sites for hydroxylation is 1. The van der Waals surface area contributed by atoms with E-state index < -0.39 is 22.1 Å². The smallest absolute Gasteiger partial charge is 0.338 e. The largest absolute Gasteiger partial charge is 0.451 e. The summed E-state index contributed by atoms with van der Waals surface area (Å²) in [7, 11) is -3.55. The number of carbonyl (C=O) groups is 2. The van der Waals surface area contributed by atoms with Crippen molar-refractivity contribution in [2.45, 2.75) is 44.1 Å². The van der Waals surface area contributed by atoms with Crippen LogP contribution in [0.15, 0.2) is 53.4 Å². The molecule has 0 spiro atoms. The van der Waals surface area contributed by atoms with E-state index in [0.29, 0.717) is 18.7 Å². The van der Waals surface area contributed by atoms with E-state index in [2.05, 4.69) is 0 Å². The molecule has 6 nitrogen and oxygen atoms in total. The number of Topliss-reactive ketones (excluding diaryl/α,β-unsaturated/α-hetero) is 1. The molecule has 3 rings (SSSR count). The first kappa shape index (κ1) is 21.2. The minimum atomic E-state index is -3.55. The molecule has 154 valence electrons. The lowest BCUT2D eigenvalue weighted by Crippen LogP contribution is -2.35. The second kappa shape index (κ2) is 8.88. The molecule has 0 aromatic heterocycles. The molecule has 0 unspecified atom stereocenters. The van der Waals surface area contributed by atoms with Gasteiger partial charge in [0.15, 0.2) is 6.10 Å². The quantitative estimate of drug-likeness (QED) is 0.532. The van der Waals surface area contributed by atoms with E-state index in [0.717, 1.165) is 24.8 Å². The van der Waals surface area contributed by atoms with Gasteiger partial charge in [0.1, 0.15) is 0 Å². The van der Waals surface area contributed by atoms with Gasteiger partial charge in [-0.1, -0.05) is 36.2 Å². The Bertz CT molecular complexity index is 975. The highest BCUT2D eigenvalue weighted by atomic mass is 32.2. The van der Waals surface area contributed by atoms with E-state index in [4.69, 9.17) is 4.74 Å². The Morgan fingerprint density at radius 3 is 2.03 bits per heavy atom. The molecule has 0 N–H and O–H groups in total. The average molecular weight is 416 g/mol. The molecular formula is C22H25NO5S. The zero-order valence-electron chi connectivity index (χ0n) is 16.6. The normalized spacial score (nSPS) is 16.2. The summed E-state index contributed by atoms with van der Waals surface area (Å²) in [6, 6.07) is 12.7. The maximum absolute atomic E-state index is 12.7. The van der Waals surface area contributed by atoms with Gasteiger partial charge in [0.05, 0.1) is 10.5 Å². The van der Waals surface area contributed by atoms with Crippen LogP contribution in [0, 0.1) is 6.92 Å². The minimum Gasteiger partial charge on any atom is -0.451 e. The number of rotatable bonds is 6. The zero-order valence-corrected chi connectivity index (χ0v) is 17.4. The fourth-order valence-corrected chi connectivity index (χ4v) is 4.77. The van der Waals surface area contributed by atoms with Gasteiger partial charge in [-0.25, -0.2) is 13.2 Å². The van der Waals surface area contributed by atoms with Crippen LogP contribution in [0.2, 0.25) is 0 Å². The molecule has 2 aromatic rings. The Balaban J connectivity index is 1.67. The molecule has 1 heterocycles. The summed E-state index contributed by atoms with van der Waals surface area (Å²) in [6.45, 7) is 4.48. The van der Waals surface area contributed by atoms with Gasteiger partial charge < -0.3 is 4.74 Å². The second-order valence-corrected chi connectivity index (χ2v) is 9.20. The van der Waals surface area contributed by atoms with Crippen molar-refractivity contribution in [1.29, 1.82) is 0 Å². The van der Waals surface area contributed by atoms with Crippen molar-refractivity contribution in [2.75, 3.05) is 13.1 Å². The van der Waals surface area contributed by atoms with Crippen LogP contribution >= 0.6 is 0 Å². The van der Waals surface area contributed by atoms with E-state index in [9.17, 15) is 18.0 Å². The molecule has 1 aliphatic heterocycles. The Labute approximate surface area is 171 Å². The molecule has 0 saturated carbocycles. The number of esters is 1. The van der Waals surface area contributed by atoms with E-state index in [1.54, 1.807) is 12.1 Å². The molecule has 0 aliphatic carbocycles. The van der Waals surface area contributed by atoms with Crippen molar-refractivity contribution in [3.63, 3.8) is 0 Å². The second-order valence-electron chi connectivity index (χ2n) is 7.27. The van der Waals surface area contributed by atoms with Crippen molar-refractivity contribution in [3.05, 3.63) is 65.2 Å². The van der Waals surface area contributed by atoms with Crippen molar-refractivity contribution in [2.24, 2.45) is 0 Å². The topological polar surface area (TPSA) is 80.8 Å². The Kier molecular flexibility index (Phi) is 6.49. The number of piperidine rings is 1. The van der Waals surface area contributed by atoms with E-state index >= 15 is 0 Å². The SMILES string of the molecule is Cc1ccc(C(=O)[C@H](C)OC(=O)c2ccc(S(=O)(=O)N3CCCCC3)cc2)cc1. The van der Waals surface area contributed by atoms with Crippen molar-refractivity contribution < 1.29 is 22.7 Å². The maximum atomic E-state index is 12.7. The van der Waals surface area contributed by atoms with E-state index in [-0.39, 0.29) is 16.2 Å². The van der Waals surface area contributed by atoms with Crippen molar-refractivity contribution in [1.82, 2.24) is 4.31 Å². The number of sulfonamides is 1. The standard InChI is InChI=1S/C22H25NO5S/c1-16-6-8-18(9-7-16)21(24)17(2)28-22(25)19-10-12-20(13-11-19)29(26,27)23-14-4-3-5-15-23/h6-13,17H,3-5,14-15H2,1-2H3/t17-/m0/s1. The third-order valence-corrected chi connectivity index (χ3v) is 6.94. The summed E-state index contributed by atoms with van der Waals surface area (Å²) in [4.78, 5) is 24.9. The number of ketones is 1. The van der Waals surface area contributed by atoms with Crippen molar-refractivity contribution >= 4 is 21.8 Å². The van der Waals surface area contributed by atoms with Crippen LogP contribution in [0.25, 0.3) is 0 Å². The third-order valence-electron chi connectivity index (χ3n) is 5.03. The van der Waals surface area contributed by atoms with Gasteiger partial charge in [0, 0.05) is 18.7 Å². The lowest BCUT2D eigenvalue weighted by atomic mass is 10.1. The molecule has 29 heavy (non-hydrogen) atoms. The maximum Gasteiger partial charge on any atom is 0.338 e. The summed E-state index contributed by atoms with van der Waals surface area (Å²) in [5.41, 5.74) is 1.70. The minimum absolute atomic E-state index is 0.153. The molecule has 1 fully saturated rings. The molecule has 0 radical (unpaired) electrons. The summed E-state index contributed by atoms with van der Waals surface area (Å²) in [5.74, 6) is -0.956. The third kappa shape index (κ3) is 4.92. The number of hydrogen-bond donors (Lipinski definition) is 0. The molecule has 7 heteroatoms. The fraction of sp³-hybridized carbons (Fsp3) is 0.364. The van der Waals surface area contributed by atoms with E-state index in [1.165, 1.54) is 35.5 Å². The summed E-state index contributed by atoms with van der Waals surface area (Å²) in [5, 5.41) is 0. The number of benzene rings is 2. The molecule has 0 bridgehead atoms. The van der Waals surface area contributed by atoms with Crippen LogP contribution in [-0.2, 0) is 14.8 Å². The van der Waals surface area contributed by atoms with Crippen LogP contribution in [0.1, 0.15) is 52.5 Å². The predicted octanol–water partition coefficient (Wildman–Crippen LogP) is 3.60. The average Bonchev–Trinajstić information content (AvgIpc) is 2.74. The molecule has 1 saturated heterocycles. The van der Waals surface area contributed by atoms with Gasteiger partial charge in [0.2, 0.25) is 15.8 Å². The number of hydrogen-bond acceptors (Lipinski definition) is 5. The summed E-state index contributed by atoms with van der Waals surface area (Å²) < 4.78 is 32.1. The van der Waals surface area contributed by atoms with Crippen LogP contribution in [0.4, 0.5) is 0 Å². The highest BCUT2D eigenvalue weighted by Gasteiger charge is 2.26. The Morgan fingerprint density at radius 1 is 0.897 bits per heavy atom. The van der Waals surface area contributed by atoms with Crippen LogP contribution in [0.3, 0.4) is 0 Å². The first-order valence-corrected chi connectivity index (χ1v) is 11.1. The Morgan fingerprint density at radius 2 is 1.45 bits per heavy atom. The van der Waals surface area contributed by atoms with Gasteiger partial charge in [-0.2, -0.15) is 4.31 Å². The van der Waals surface area contributed by atoms with Gasteiger partial charge in [-0.15, -0.1) is 0 Å². The summed E-state index contributed by atoms with van der Waals surface area (Å²) in [6.07, 6.45) is 1.81. The van der Waals surface area contributed by atoms with Gasteiger partial charge in [-0.05, 0) is 51.0 Å². The molecule has 1 atom stereocenters. The molecule has 2 aromatic carbocycles. The molecule has 1 aliphatic rings. The number of ether oxygens (including phenoxy) is 1. The fourth-order valence-electron chi connectivity index (χ4n) is 3.25. The van der Waals surface area contributed by atoms with Crippen LogP contribution in [-0.4, -0.2) is 43.7 Å². The summed E-state index contributed by atoms with van der Waals surface area (Å²) >= 11 is 0. The molecule has 0 amide bonds. The van der Waals surface area contributed by atoms with E-state index in [1.807, 2.05) is 19.1 Å².